The summed E-state index contributed by atoms with van der Waals surface area (Å²) < 4.78 is 5.34. The maximum absolute atomic E-state index is 5.34. The van der Waals surface area contributed by atoms with Crippen molar-refractivity contribution in [1.29, 1.82) is 0 Å². The zero-order valence-electron chi connectivity index (χ0n) is 18.7. The molecule has 28 heavy (non-hydrogen) atoms. The van der Waals surface area contributed by atoms with Crippen molar-refractivity contribution in [3.05, 3.63) is 42.0 Å². The highest BCUT2D eigenvalue weighted by Crippen LogP contribution is 2.36. The third-order valence-corrected chi connectivity index (χ3v) is 6.59. The van der Waals surface area contributed by atoms with Crippen LogP contribution in [-0.4, -0.2) is 57.2 Å². The molecule has 2 aromatic carbocycles. The summed E-state index contributed by atoms with van der Waals surface area (Å²) in [5, 5.41) is 2.55. The number of ether oxygens (including phenoxy) is 1. The van der Waals surface area contributed by atoms with E-state index in [2.05, 4.69) is 81.1 Å². The highest BCUT2D eigenvalue weighted by atomic mass is 16.5. The van der Waals surface area contributed by atoms with Crippen LogP contribution in [0.2, 0.25) is 0 Å². The van der Waals surface area contributed by atoms with Gasteiger partial charge in [-0.05, 0) is 85.7 Å². The summed E-state index contributed by atoms with van der Waals surface area (Å²) in [6.45, 7) is 12.1. The van der Waals surface area contributed by atoms with Gasteiger partial charge in [-0.15, -0.1) is 0 Å². The Bertz CT molecular complexity index is 775. The summed E-state index contributed by atoms with van der Waals surface area (Å²) in [5.74, 6) is 2.31. The molecule has 1 heterocycles. The summed E-state index contributed by atoms with van der Waals surface area (Å²) in [4.78, 5) is 5.01. The fourth-order valence-electron chi connectivity index (χ4n) is 5.01. The molecule has 3 rings (SSSR count). The van der Waals surface area contributed by atoms with Gasteiger partial charge in [-0.25, -0.2) is 0 Å². The van der Waals surface area contributed by atoms with Crippen molar-refractivity contribution in [2.75, 3.05) is 47.4 Å². The molecule has 0 aromatic heterocycles. The molecule has 0 radical (unpaired) electrons. The zero-order valence-corrected chi connectivity index (χ0v) is 18.7. The normalized spacial score (nSPS) is 18.0. The Morgan fingerprint density at radius 2 is 1.71 bits per heavy atom. The second kappa shape index (κ2) is 8.84. The summed E-state index contributed by atoms with van der Waals surface area (Å²) >= 11 is 0. The van der Waals surface area contributed by atoms with Gasteiger partial charge < -0.3 is 14.5 Å². The van der Waals surface area contributed by atoms with E-state index in [1.165, 1.54) is 48.8 Å². The lowest BCUT2D eigenvalue weighted by atomic mass is 9.73. The summed E-state index contributed by atoms with van der Waals surface area (Å²) in [7, 11) is 6.11. The number of hydrogen-bond acceptors (Lipinski definition) is 3. The van der Waals surface area contributed by atoms with Gasteiger partial charge in [0.15, 0.2) is 0 Å². The number of methoxy groups -OCH3 is 1. The van der Waals surface area contributed by atoms with Crippen LogP contribution in [0.3, 0.4) is 0 Å². The van der Waals surface area contributed by atoms with Crippen molar-refractivity contribution in [3.63, 3.8) is 0 Å². The van der Waals surface area contributed by atoms with Crippen LogP contribution in [0, 0.1) is 11.3 Å². The molecule has 154 valence electrons. The number of rotatable bonds is 7. The SMILES string of the molecule is COc1ccc2cc([C@H](C)CN3CCC(C(C)(C)CN(C)C)CC3)ccc2c1. The van der Waals surface area contributed by atoms with E-state index in [-0.39, 0.29) is 0 Å². The number of piperidine rings is 1. The van der Waals surface area contributed by atoms with E-state index in [1.54, 1.807) is 7.11 Å². The summed E-state index contributed by atoms with van der Waals surface area (Å²) in [6, 6.07) is 13.2. The number of fused-ring (bicyclic) bond motifs is 1. The average molecular weight is 383 g/mol. The topological polar surface area (TPSA) is 15.7 Å². The van der Waals surface area contributed by atoms with Crippen molar-refractivity contribution in [2.24, 2.45) is 11.3 Å². The molecule has 2 aromatic rings. The third kappa shape index (κ3) is 5.07. The second-order valence-electron chi connectivity index (χ2n) is 9.67. The minimum Gasteiger partial charge on any atom is -0.497 e. The molecular weight excluding hydrogens is 344 g/mol. The Kier molecular flexibility index (Phi) is 6.67. The molecule has 1 aliphatic rings. The van der Waals surface area contributed by atoms with Gasteiger partial charge in [-0.3, -0.25) is 0 Å². The average Bonchev–Trinajstić information content (AvgIpc) is 2.66. The lowest BCUT2D eigenvalue weighted by Gasteiger charge is -2.42. The first kappa shape index (κ1) is 21.1. The van der Waals surface area contributed by atoms with E-state index < -0.39 is 0 Å². The lowest BCUT2D eigenvalue weighted by molar-refractivity contribution is 0.0766. The molecule has 0 N–H and O–H groups in total. The summed E-state index contributed by atoms with van der Waals surface area (Å²) in [6.07, 6.45) is 2.65. The Morgan fingerprint density at radius 1 is 1.07 bits per heavy atom. The van der Waals surface area contributed by atoms with Crippen LogP contribution in [0.5, 0.6) is 5.75 Å². The van der Waals surface area contributed by atoms with E-state index in [0.29, 0.717) is 11.3 Å². The van der Waals surface area contributed by atoms with E-state index in [1.807, 2.05) is 0 Å². The number of likely N-dealkylation sites (tertiary alicyclic amines) is 1. The van der Waals surface area contributed by atoms with Crippen LogP contribution in [0.25, 0.3) is 10.8 Å². The lowest BCUT2D eigenvalue weighted by Crippen LogP contribution is -2.43. The second-order valence-corrected chi connectivity index (χ2v) is 9.67. The van der Waals surface area contributed by atoms with Crippen molar-refractivity contribution in [2.45, 2.75) is 39.5 Å². The molecule has 0 amide bonds. The number of benzene rings is 2. The van der Waals surface area contributed by atoms with Crippen molar-refractivity contribution in [1.82, 2.24) is 9.80 Å². The van der Waals surface area contributed by atoms with Crippen LogP contribution in [0.4, 0.5) is 0 Å². The highest BCUT2D eigenvalue weighted by Gasteiger charge is 2.33. The van der Waals surface area contributed by atoms with E-state index in [9.17, 15) is 0 Å². The van der Waals surface area contributed by atoms with Crippen molar-refractivity contribution in [3.8, 4) is 5.75 Å². The molecule has 1 saturated heterocycles. The molecule has 3 heteroatoms. The quantitative estimate of drug-likeness (QED) is 0.650. The fourth-order valence-corrected chi connectivity index (χ4v) is 5.01. The predicted octanol–water partition coefficient (Wildman–Crippen LogP) is 5.25. The van der Waals surface area contributed by atoms with Crippen LogP contribution in [0.15, 0.2) is 36.4 Å². The van der Waals surface area contributed by atoms with Crippen molar-refractivity contribution < 1.29 is 4.74 Å². The highest BCUT2D eigenvalue weighted by molar-refractivity contribution is 5.84. The molecule has 1 aliphatic heterocycles. The fraction of sp³-hybridized carbons (Fsp3) is 0.600. The van der Waals surface area contributed by atoms with Gasteiger partial charge in [0.2, 0.25) is 0 Å². The van der Waals surface area contributed by atoms with Gasteiger partial charge in [-0.2, -0.15) is 0 Å². The minimum atomic E-state index is 0.403. The molecule has 1 atom stereocenters. The van der Waals surface area contributed by atoms with Crippen LogP contribution >= 0.6 is 0 Å². The van der Waals surface area contributed by atoms with Crippen LogP contribution in [0.1, 0.15) is 45.1 Å². The third-order valence-electron chi connectivity index (χ3n) is 6.59. The largest absolute Gasteiger partial charge is 0.497 e. The summed E-state index contributed by atoms with van der Waals surface area (Å²) in [5.41, 5.74) is 1.84. The Morgan fingerprint density at radius 3 is 2.36 bits per heavy atom. The Labute approximate surface area is 171 Å². The van der Waals surface area contributed by atoms with Crippen molar-refractivity contribution >= 4 is 10.8 Å². The first-order valence-electron chi connectivity index (χ1n) is 10.7. The molecule has 0 spiro atoms. The minimum absolute atomic E-state index is 0.403. The van der Waals surface area contributed by atoms with Crippen LogP contribution in [-0.2, 0) is 0 Å². The van der Waals surface area contributed by atoms with Gasteiger partial charge in [0.1, 0.15) is 5.75 Å². The maximum Gasteiger partial charge on any atom is 0.119 e. The van der Waals surface area contributed by atoms with Gasteiger partial charge >= 0.3 is 0 Å². The number of nitrogens with zero attached hydrogens (tertiary/aromatic N) is 2. The predicted molar refractivity (Wildman–Crippen MR) is 120 cm³/mol. The van der Waals surface area contributed by atoms with E-state index in [0.717, 1.165) is 18.2 Å². The molecule has 0 unspecified atom stereocenters. The maximum atomic E-state index is 5.34. The van der Waals surface area contributed by atoms with E-state index >= 15 is 0 Å². The van der Waals surface area contributed by atoms with Crippen LogP contribution < -0.4 is 4.74 Å². The monoisotopic (exact) mass is 382 g/mol. The molecule has 0 saturated carbocycles. The standard InChI is InChI=1S/C25H38N2O/c1-19(20-7-8-22-16-24(28-6)10-9-21(22)15-20)17-27-13-11-23(12-14-27)25(2,3)18-26(4)5/h7-10,15-16,19,23H,11-14,17-18H2,1-6H3/t19-/m1/s1. The molecule has 1 fully saturated rings. The first-order valence-corrected chi connectivity index (χ1v) is 10.7. The Balaban J connectivity index is 1.58. The molecule has 0 aliphatic carbocycles. The smallest absolute Gasteiger partial charge is 0.119 e. The number of hydrogen-bond donors (Lipinski definition) is 0. The molecule has 3 nitrogen and oxygen atoms in total. The molecular formula is C25H38N2O. The van der Waals surface area contributed by atoms with Gasteiger partial charge in [0, 0.05) is 13.1 Å². The van der Waals surface area contributed by atoms with Gasteiger partial charge in [0.05, 0.1) is 7.11 Å². The van der Waals surface area contributed by atoms with E-state index in [4.69, 9.17) is 4.74 Å². The zero-order chi connectivity index (χ0) is 20.3. The van der Waals surface area contributed by atoms with Gasteiger partial charge in [-0.1, -0.05) is 45.0 Å². The van der Waals surface area contributed by atoms with Gasteiger partial charge in [0.25, 0.3) is 0 Å². The molecule has 0 bridgehead atoms. The Hall–Kier alpha value is -1.58. The first-order chi connectivity index (χ1) is 13.3.